The quantitative estimate of drug-likeness (QED) is 0.927. The van der Waals surface area contributed by atoms with Crippen molar-refractivity contribution in [3.63, 3.8) is 0 Å². The smallest absolute Gasteiger partial charge is 0.246 e. The summed E-state index contributed by atoms with van der Waals surface area (Å²) in [6, 6.07) is 1.90. The molecule has 110 valence electrons. The van der Waals surface area contributed by atoms with Crippen LogP contribution in [0.4, 0.5) is 5.69 Å². The number of nitrogens with zero attached hydrogens (tertiary/aromatic N) is 2. The highest BCUT2D eigenvalue weighted by atomic mass is 32.2. The van der Waals surface area contributed by atoms with E-state index in [4.69, 9.17) is 0 Å². The molecular formula is C14H21N3O2S. The highest BCUT2D eigenvalue weighted by Crippen LogP contribution is 2.39. The molecule has 3 rings (SSSR count). The normalized spacial score (nSPS) is 27.2. The first-order valence-corrected chi connectivity index (χ1v) is 8.72. The van der Waals surface area contributed by atoms with Gasteiger partial charge in [0.05, 0.1) is 5.69 Å². The predicted molar refractivity (Wildman–Crippen MR) is 78.0 cm³/mol. The zero-order valence-corrected chi connectivity index (χ0v) is 12.6. The summed E-state index contributed by atoms with van der Waals surface area (Å²) in [5.74, 6) is 0.549. The summed E-state index contributed by atoms with van der Waals surface area (Å²) < 4.78 is 27.5. The SMILES string of the molecule is CNc1ccncc1S(=O)(=O)N1CCC2CCCCC21. The van der Waals surface area contributed by atoms with Gasteiger partial charge in [-0.1, -0.05) is 12.8 Å². The number of pyridine rings is 1. The number of fused-ring (bicyclic) bond motifs is 1. The van der Waals surface area contributed by atoms with Crippen LogP contribution in [0.25, 0.3) is 0 Å². The third-order valence-corrected chi connectivity index (χ3v) is 6.55. The molecule has 2 atom stereocenters. The monoisotopic (exact) mass is 295 g/mol. The van der Waals surface area contributed by atoms with Crippen LogP contribution in [-0.4, -0.2) is 37.3 Å². The van der Waals surface area contributed by atoms with Gasteiger partial charge in [-0.05, 0) is 31.2 Å². The largest absolute Gasteiger partial charge is 0.387 e. The number of rotatable bonds is 3. The van der Waals surface area contributed by atoms with Crippen molar-refractivity contribution in [3.8, 4) is 0 Å². The van der Waals surface area contributed by atoms with E-state index in [-0.39, 0.29) is 6.04 Å². The van der Waals surface area contributed by atoms with Gasteiger partial charge in [0.1, 0.15) is 4.90 Å². The molecule has 5 nitrogen and oxygen atoms in total. The Bertz CT molecular complexity index is 588. The fourth-order valence-electron chi connectivity index (χ4n) is 3.58. The van der Waals surface area contributed by atoms with Crippen molar-refractivity contribution in [1.82, 2.24) is 9.29 Å². The number of hydrogen-bond acceptors (Lipinski definition) is 4. The first kappa shape index (κ1) is 13.8. The van der Waals surface area contributed by atoms with Crippen LogP contribution in [0.2, 0.25) is 0 Å². The topological polar surface area (TPSA) is 62.3 Å². The summed E-state index contributed by atoms with van der Waals surface area (Å²) in [4.78, 5) is 4.29. The summed E-state index contributed by atoms with van der Waals surface area (Å²) in [5.41, 5.74) is 0.624. The molecule has 2 heterocycles. The molecule has 1 saturated heterocycles. The molecule has 1 aromatic rings. The Morgan fingerprint density at radius 3 is 2.90 bits per heavy atom. The molecule has 0 radical (unpaired) electrons. The lowest BCUT2D eigenvalue weighted by atomic mass is 9.86. The first-order valence-electron chi connectivity index (χ1n) is 7.28. The van der Waals surface area contributed by atoms with Gasteiger partial charge in [-0.3, -0.25) is 4.98 Å². The van der Waals surface area contributed by atoms with Gasteiger partial charge >= 0.3 is 0 Å². The molecule has 2 fully saturated rings. The second-order valence-electron chi connectivity index (χ2n) is 5.64. The van der Waals surface area contributed by atoms with E-state index in [0.29, 0.717) is 23.0 Å². The lowest BCUT2D eigenvalue weighted by Crippen LogP contribution is -2.39. The fraction of sp³-hybridized carbons (Fsp3) is 0.643. The molecule has 20 heavy (non-hydrogen) atoms. The maximum Gasteiger partial charge on any atom is 0.246 e. The highest BCUT2D eigenvalue weighted by Gasteiger charge is 2.42. The number of nitrogens with one attached hydrogen (secondary N) is 1. The van der Waals surface area contributed by atoms with Crippen LogP contribution in [0.15, 0.2) is 23.4 Å². The Morgan fingerprint density at radius 2 is 2.10 bits per heavy atom. The van der Waals surface area contributed by atoms with Crippen molar-refractivity contribution in [2.24, 2.45) is 5.92 Å². The molecule has 1 aliphatic heterocycles. The van der Waals surface area contributed by atoms with E-state index in [9.17, 15) is 8.42 Å². The van der Waals surface area contributed by atoms with E-state index in [1.165, 1.54) is 19.0 Å². The van der Waals surface area contributed by atoms with Crippen LogP contribution >= 0.6 is 0 Å². The van der Waals surface area contributed by atoms with E-state index >= 15 is 0 Å². The van der Waals surface area contributed by atoms with E-state index in [1.54, 1.807) is 23.6 Å². The summed E-state index contributed by atoms with van der Waals surface area (Å²) in [7, 11) is -1.71. The van der Waals surface area contributed by atoms with Crippen LogP contribution in [0, 0.1) is 5.92 Å². The zero-order valence-electron chi connectivity index (χ0n) is 11.7. The highest BCUT2D eigenvalue weighted by molar-refractivity contribution is 7.89. The van der Waals surface area contributed by atoms with Gasteiger partial charge in [0.2, 0.25) is 10.0 Å². The van der Waals surface area contributed by atoms with Crippen LogP contribution in [0.5, 0.6) is 0 Å². The first-order chi connectivity index (χ1) is 9.64. The maximum atomic E-state index is 12.9. The maximum absolute atomic E-state index is 12.9. The lowest BCUT2D eigenvalue weighted by Gasteiger charge is -2.31. The van der Waals surface area contributed by atoms with Crippen molar-refractivity contribution >= 4 is 15.7 Å². The molecule has 1 aliphatic carbocycles. The second-order valence-corrected chi connectivity index (χ2v) is 7.50. The van der Waals surface area contributed by atoms with E-state index in [2.05, 4.69) is 10.3 Å². The fourth-order valence-corrected chi connectivity index (χ4v) is 5.45. The Balaban J connectivity index is 1.96. The average molecular weight is 295 g/mol. The van der Waals surface area contributed by atoms with Crippen LogP contribution in [0.1, 0.15) is 32.1 Å². The molecule has 6 heteroatoms. The third kappa shape index (κ3) is 2.20. The van der Waals surface area contributed by atoms with Crippen LogP contribution in [0.3, 0.4) is 0 Å². The summed E-state index contributed by atoms with van der Waals surface area (Å²) in [6.45, 7) is 0.649. The van der Waals surface area contributed by atoms with Crippen LogP contribution in [-0.2, 0) is 10.0 Å². The van der Waals surface area contributed by atoms with E-state index < -0.39 is 10.0 Å². The molecule has 2 unspecified atom stereocenters. The summed E-state index contributed by atoms with van der Waals surface area (Å²) in [6.07, 6.45) is 8.61. The molecule has 1 saturated carbocycles. The van der Waals surface area contributed by atoms with Gasteiger partial charge in [0.25, 0.3) is 0 Å². The molecular weight excluding hydrogens is 274 g/mol. The van der Waals surface area contributed by atoms with Crippen molar-refractivity contribution in [3.05, 3.63) is 18.5 Å². The standard InChI is InChI=1S/C14H21N3O2S/c1-15-12-6-8-16-10-14(12)20(18,19)17-9-7-11-4-2-3-5-13(11)17/h6,8,10-11,13H,2-5,7,9H2,1H3,(H,15,16). The lowest BCUT2D eigenvalue weighted by molar-refractivity contribution is 0.260. The molecule has 1 N–H and O–H groups in total. The van der Waals surface area contributed by atoms with Crippen LogP contribution < -0.4 is 5.32 Å². The molecule has 0 aromatic carbocycles. The van der Waals surface area contributed by atoms with Crippen molar-refractivity contribution < 1.29 is 8.42 Å². The van der Waals surface area contributed by atoms with Gasteiger partial charge in [0, 0.05) is 32.0 Å². The van der Waals surface area contributed by atoms with Gasteiger partial charge in [-0.25, -0.2) is 8.42 Å². The second kappa shape index (κ2) is 5.33. The van der Waals surface area contributed by atoms with E-state index in [0.717, 1.165) is 19.3 Å². The zero-order chi connectivity index (χ0) is 14.2. The number of hydrogen-bond donors (Lipinski definition) is 1. The summed E-state index contributed by atoms with van der Waals surface area (Å²) >= 11 is 0. The minimum Gasteiger partial charge on any atom is -0.387 e. The minimum absolute atomic E-state index is 0.193. The molecule has 2 aliphatic rings. The number of sulfonamides is 1. The van der Waals surface area contributed by atoms with Crippen molar-refractivity contribution in [2.75, 3.05) is 18.9 Å². The molecule has 1 aromatic heterocycles. The Labute approximate surface area is 120 Å². The molecule has 0 bridgehead atoms. The number of aromatic nitrogens is 1. The van der Waals surface area contributed by atoms with Crippen molar-refractivity contribution in [1.29, 1.82) is 0 Å². The van der Waals surface area contributed by atoms with Gasteiger partial charge < -0.3 is 5.32 Å². The Kier molecular flexibility index (Phi) is 3.69. The molecule has 0 amide bonds. The van der Waals surface area contributed by atoms with Crippen molar-refractivity contribution in [2.45, 2.75) is 43.0 Å². The average Bonchev–Trinajstić information content (AvgIpc) is 2.92. The van der Waals surface area contributed by atoms with Gasteiger partial charge in [-0.2, -0.15) is 4.31 Å². The molecule has 0 spiro atoms. The van der Waals surface area contributed by atoms with E-state index in [1.807, 2.05) is 0 Å². The third-order valence-electron chi connectivity index (χ3n) is 4.60. The Morgan fingerprint density at radius 1 is 1.30 bits per heavy atom. The van der Waals surface area contributed by atoms with Gasteiger partial charge in [0.15, 0.2) is 0 Å². The number of anilines is 1. The predicted octanol–water partition coefficient (Wildman–Crippen LogP) is 2.08. The summed E-state index contributed by atoms with van der Waals surface area (Å²) in [5, 5.41) is 2.95. The van der Waals surface area contributed by atoms with Gasteiger partial charge in [-0.15, -0.1) is 0 Å². The Hall–Kier alpha value is -1.14. The minimum atomic E-state index is -3.44.